The molecule has 4 heteroatoms. The van der Waals surface area contributed by atoms with Crippen molar-refractivity contribution < 1.29 is 9.59 Å². The molecule has 2 N–H and O–H groups in total. The van der Waals surface area contributed by atoms with E-state index < -0.39 is 0 Å². The summed E-state index contributed by atoms with van der Waals surface area (Å²) in [7, 11) is 0. The molecule has 76 valence electrons. The van der Waals surface area contributed by atoms with Crippen LogP contribution in [0.3, 0.4) is 0 Å². The number of nitrogens with one attached hydrogen (secondary N) is 2. The number of carbonyl (C=O) groups excluding carboxylic acids is 2. The molecule has 0 saturated carbocycles. The number of amides is 1. The van der Waals surface area contributed by atoms with Gasteiger partial charge in [-0.25, -0.2) is 0 Å². The standard InChI is InChI=1S/C10H14N2O2/c1-10(2)3-6-9(7(13)4-10)12-8(14)5-11-6/h11H,3-5H2,1-2H3,(H,12,14). The summed E-state index contributed by atoms with van der Waals surface area (Å²) in [5, 5.41) is 5.64. The Kier molecular flexibility index (Phi) is 1.87. The van der Waals surface area contributed by atoms with Crippen molar-refractivity contribution in [1.29, 1.82) is 0 Å². The van der Waals surface area contributed by atoms with Crippen molar-refractivity contribution in [3.63, 3.8) is 0 Å². The van der Waals surface area contributed by atoms with E-state index in [0.29, 0.717) is 12.1 Å². The average molecular weight is 194 g/mol. The van der Waals surface area contributed by atoms with E-state index in [1.807, 2.05) is 0 Å². The second-order valence-electron chi connectivity index (χ2n) is 4.70. The SMILES string of the molecule is CC1(C)CC(=O)C2=C(C1)NCC(=O)N2. The van der Waals surface area contributed by atoms with Crippen LogP contribution in [0.1, 0.15) is 26.7 Å². The van der Waals surface area contributed by atoms with Crippen LogP contribution >= 0.6 is 0 Å². The summed E-state index contributed by atoms with van der Waals surface area (Å²) in [4.78, 5) is 22.7. The maximum absolute atomic E-state index is 11.7. The zero-order valence-corrected chi connectivity index (χ0v) is 8.44. The van der Waals surface area contributed by atoms with E-state index in [0.717, 1.165) is 12.1 Å². The smallest absolute Gasteiger partial charge is 0.243 e. The maximum Gasteiger partial charge on any atom is 0.243 e. The third-order valence-electron chi connectivity index (χ3n) is 2.60. The molecule has 4 nitrogen and oxygen atoms in total. The second kappa shape index (κ2) is 2.83. The summed E-state index contributed by atoms with van der Waals surface area (Å²) in [6.07, 6.45) is 1.34. The largest absolute Gasteiger partial charge is 0.378 e. The Hall–Kier alpha value is -1.32. The lowest BCUT2D eigenvalue weighted by Gasteiger charge is -2.34. The number of Topliss-reactive ketones (excluding diaryl/α,β-unsaturated/α-hetero) is 1. The average Bonchev–Trinajstić information content (AvgIpc) is 2.05. The van der Waals surface area contributed by atoms with Crippen LogP contribution in [0, 0.1) is 5.41 Å². The first-order valence-electron chi connectivity index (χ1n) is 4.78. The Morgan fingerprint density at radius 3 is 2.64 bits per heavy atom. The first-order chi connectivity index (χ1) is 6.48. The topological polar surface area (TPSA) is 58.2 Å². The van der Waals surface area contributed by atoms with Crippen LogP contribution in [0.4, 0.5) is 0 Å². The third-order valence-corrected chi connectivity index (χ3v) is 2.60. The number of carbonyl (C=O) groups is 2. The number of hydrogen-bond acceptors (Lipinski definition) is 3. The molecule has 1 amide bonds. The lowest BCUT2D eigenvalue weighted by molar-refractivity contribution is -0.124. The highest BCUT2D eigenvalue weighted by Crippen LogP contribution is 2.35. The highest BCUT2D eigenvalue weighted by atomic mass is 16.2. The Labute approximate surface area is 82.7 Å². The molecule has 0 unspecified atom stereocenters. The van der Waals surface area contributed by atoms with Gasteiger partial charge in [0.1, 0.15) is 5.70 Å². The molecule has 2 aliphatic rings. The van der Waals surface area contributed by atoms with Gasteiger partial charge in [0.05, 0.1) is 6.54 Å². The zero-order valence-electron chi connectivity index (χ0n) is 8.44. The monoisotopic (exact) mass is 194 g/mol. The van der Waals surface area contributed by atoms with Crippen LogP contribution in [0.5, 0.6) is 0 Å². The normalized spacial score (nSPS) is 25.3. The minimum Gasteiger partial charge on any atom is -0.378 e. The molecule has 0 spiro atoms. The van der Waals surface area contributed by atoms with E-state index in [9.17, 15) is 9.59 Å². The number of hydrogen-bond donors (Lipinski definition) is 2. The fourth-order valence-corrected chi connectivity index (χ4v) is 1.99. The molecule has 2 rings (SSSR count). The molecule has 1 heterocycles. The van der Waals surface area contributed by atoms with E-state index in [4.69, 9.17) is 0 Å². The van der Waals surface area contributed by atoms with Gasteiger partial charge in [0.15, 0.2) is 5.78 Å². The fourth-order valence-electron chi connectivity index (χ4n) is 1.99. The predicted octanol–water partition coefficient (Wildman–Crippen LogP) is 0.306. The fraction of sp³-hybridized carbons (Fsp3) is 0.600. The van der Waals surface area contributed by atoms with E-state index in [1.54, 1.807) is 0 Å². The van der Waals surface area contributed by atoms with Crippen molar-refractivity contribution in [3.05, 3.63) is 11.4 Å². The summed E-state index contributed by atoms with van der Waals surface area (Å²) < 4.78 is 0. The minimum atomic E-state index is -0.128. The first-order valence-corrected chi connectivity index (χ1v) is 4.78. The lowest BCUT2D eigenvalue weighted by atomic mass is 9.77. The van der Waals surface area contributed by atoms with Crippen LogP contribution in [0.15, 0.2) is 11.4 Å². The molecule has 1 aliphatic carbocycles. The van der Waals surface area contributed by atoms with Gasteiger partial charge in [-0.1, -0.05) is 13.8 Å². The summed E-state index contributed by atoms with van der Waals surface area (Å²) in [5.74, 6) is -0.0893. The Morgan fingerprint density at radius 1 is 1.21 bits per heavy atom. The Balaban J connectivity index is 2.33. The highest BCUT2D eigenvalue weighted by Gasteiger charge is 2.35. The predicted molar refractivity (Wildman–Crippen MR) is 51.2 cm³/mol. The van der Waals surface area contributed by atoms with Crippen molar-refractivity contribution in [2.45, 2.75) is 26.7 Å². The van der Waals surface area contributed by atoms with Crippen molar-refractivity contribution in [2.24, 2.45) is 5.41 Å². The van der Waals surface area contributed by atoms with Crippen LogP contribution in [-0.2, 0) is 9.59 Å². The van der Waals surface area contributed by atoms with Crippen LogP contribution in [0.2, 0.25) is 0 Å². The number of allylic oxidation sites excluding steroid dienone is 2. The molecule has 1 aliphatic heterocycles. The maximum atomic E-state index is 11.7. The number of rotatable bonds is 0. The molecule has 0 fully saturated rings. The van der Waals surface area contributed by atoms with Gasteiger partial charge in [-0.15, -0.1) is 0 Å². The van der Waals surface area contributed by atoms with Gasteiger partial charge in [0.2, 0.25) is 5.91 Å². The van der Waals surface area contributed by atoms with Gasteiger partial charge in [-0.3, -0.25) is 9.59 Å². The Bertz CT molecular complexity index is 342. The molecule has 0 aromatic heterocycles. The summed E-state index contributed by atoms with van der Waals surface area (Å²) >= 11 is 0. The molecule has 0 radical (unpaired) electrons. The van der Waals surface area contributed by atoms with Crippen LogP contribution in [-0.4, -0.2) is 18.2 Å². The molecule has 0 saturated heterocycles. The summed E-state index contributed by atoms with van der Waals surface area (Å²) in [6, 6.07) is 0. The van der Waals surface area contributed by atoms with E-state index in [2.05, 4.69) is 24.5 Å². The van der Waals surface area contributed by atoms with Gasteiger partial charge < -0.3 is 10.6 Å². The van der Waals surface area contributed by atoms with Gasteiger partial charge in [0, 0.05) is 12.1 Å². The van der Waals surface area contributed by atoms with E-state index in [1.165, 1.54) is 0 Å². The van der Waals surface area contributed by atoms with Gasteiger partial charge >= 0.3 is 0 Å². The van der Waals surface area contributed by atoms with Crippen LogP contribution in [0.25, 0.3) is 0 Å². The molecule has 0 atom stereocenters. The Morgan fingerprint density at radius 2 is 1.93 bits per heavy atom. The second-order valence-corrected chi connectivity index (χ2v) is 4.70. The van der Waals surface area contributed by atoms with Crippen molar-refractivity contribution in [2.75, 3.05) is 6.54 Å². The third kappa shape index (κ3) is 1.52. The van der Waals surface area contributed by atoms with Crippen LogP contribution < -0.4 is 10.6 Å². The molecule has 14 heavy (non-hydrogen) atoms. The molecular weight excluding hydrogens is 180 g/mol. The molecular formula is C10H14N2O2. The molecule has 0 aromatic carbocycles. The summed E-state index contributed by atoms with van der Waals surface area (Å²) in [6.45, 7) is 4.40. The van der Waals surface area contributed by atoms with E-state index >= 15 is 0 Å². The first kappa shape index (κ1) is 9.24. The van der Waals surface area contributed by atoms with Gasteiger partial charge in [-0.05, 0) is 11.8 Å². The minimum absolute atomic E-state index is 0.00494. The van der Waals surface area contributed by atoms with Crippen molar-refractivity contribution >= 4 is 11.7 Å². The molecule has 0 bridgehead atoms. The highest BCUT2D eigenvalue weighted by molar-refractivity contribution is 6.02. The zero-order chi connectivity index (χ0) is 10.3. The van der Waals surface area contributed by atoms with Crippen molar-refractivity contribution in [3.8, 4) is 0 Å². The van der Waals surface area contributed by atoms with Gasteiger partial charge in [-0.2, -0.15) is 0 Å². The molecule has 0 aromatic rings. The lowest BCUT2D eigenvalue weighted by Crippen LogP contribution is -2.46. The quantitative estimate of drug-likeness (QED) is 0.583. The van der Waals surface area contributed by atoms with Crippen molar-refractivity contribution in [1.82, 2.24) is 10.6 Å². The van der Waals surface area contributed by atoms with Gasteiger partial charge in [0.25, 0.3) is 0 Å². The van der Waals surface area contributed by atoms with E-state index in [-0.39, 0.29) is 23.7 Å². The number of ketones is 1. The summed E-state index contributed by atoms with van der Waals surface area (Å²) in [5.41, 5.74) is 1.39.